The zero-order chi connectivity index (χ0) is 23.6. The van der Waals surface area contributed by atoms with Crippen LogP contribution in [0.4, 0.5) is 13.2 Å². The number of likely N-dealkylation sites (tertiary alicyclic amines) is 1. The van der Waals surface area contributed by atoms with Crippen LogP contribution in [-0.4, -0.2) is 47.9 Å². The molecule has 7 nitrogen and oxygen atoms in total. The lowest BCUT2D eigenvalue weighted by molar-refractivity contribution is -0.274. The fourth-order valence-corrected chi connectivity index (χ4v) is 5.74. The van der Waals surface area contributed by atoms with E-state index in [1.165, 1.54) is 17.0 Å². The van der Waals surface area contributed by atoms with E-state index in [4.69, 9.17) is 0 Å². The topological polar surface area (TPSA) is 92.4 Å². The molecule has 0 spiro atoms. The third-order valence-electron chi connectivity index (χ3n) is 5.54. The molecule has 2 atom stereocenters. The number of sulfone groups is 1. The number of imidazole rings is 1. The number of hydrogen-bond donors (Lipinski definition) is 1. The summed E-state index contributed by atoms with van der Waals surface area (Å²) < 4.78 is 68.0. The first-order chi connectivity index (χ1) is 15.7. The van der Waals surface area contributed by atoms with Gasteiger partial charge in [-0.1, -0.05) is 36.4 Å². The van der Waals surface area contributed by atoms with Crippen molar-refractivity contribution < 1.29 is 31.1 Å². The van der Waals surface area contributed by atoms with Crippen molar-refractivity contribution in [3.05, 3.63) is 66.5 Å². The van der Waals surface area contributed by atoms with Gasteiger partial charge in [-0.15, -0.1) is 13.2 Å². The van der Waals surface area contributed by atoms with Gasteiger partial charge in [-0.05, 0) is 31.0 Å². The summed E-state index contributed by atoms with van der Waals surface area (Å²) in [7, 11) is -3.98. The molecule has 0 aliphatic carbocycles. The van der Waals surface area contributed by atoms with Crippen LogP contribution < -0.4 is 4.74 Å². The highest BCUT2D eigenvalue weighted by Gasteiger charge is 2.38. The molecule has 2 unspecified atom stereocenters. The Balaban J connectivity index is 1.60. The van der Waals surface area contributed by atoms with Gasteiger partial charge >= 0.3 is 6.36 Å². The van der Waals surface area contributed by atoms with E-state index >= 15 is 0 Å². The highest BCUT2D eigenvalue weighted by Crippen LogP contribution is 2.36. The van der Waals surface area contributed by atoms with Crippen molar-refractivity contribution >= 4 is 16.2 Å². The minimum atomic E-state index is -4.93. The van der Waals surface area contributed by atoms with Crippen LogP contribution in [0.25, 0.3) is 11.4 Å². The van der Waals surface area contributed by atoms with Crippen molar-refractivity contribution in [2.24, 2.45) is 0 Å². The Hall–Kier alpha value is -3.34. The Kier molecular flexibility index (Phi) is 6.15. The van der Waals surface area contributed by atoms with Gasteiger partial charge in [-0.2, -0.15) is 0 Å². The van der Waals surface area contributed by atoms with E-state index in [0.29, 0.717) is 17.9 Å². The average molecular weight is 479 g/mol. The Labute approximate surface area is 188 Å². The fraction of sp³-hybridized carbons (Fsp3) is 0.273. The molecule has 2 heterocycles. The Morgan fingerprint density at radius 1 is 1.12 bits per heavy atom. The number of ether oxygens (including phenoxy) is 1. The number of carbonyl (C=O) groups is 1. The molecule has 11 heteroatoms. The molecule has 0 radical (unpaired) electrons. The van der Waals surface area contributed by atoms with E-state index in [9.17, 15) is 26.4 Å². The van der Waals surface area contributed by atoms with E-state index in [1.807, 2.05) is 30.3 Å². The highest BCUT2D eigenvalue weighted by atomic mass is 32.2. The number of aromatic amines is 1. The number of hydrogen-bond acceptors (Lipinski definition) is 5. The zero-order valence-corrected chi connectivity index (χ0v) is 18.0. The monoisotopic (exact) mass is 479 g/mol. The van der Waals surface area contributed by atoms with Gasteiger partial charge in [0, 0.05) is 12.1 Å². The highest BCUT2D eigenvalue weighted by molar-refractivity contribution is 7.92. The molecule has 1 fully saturated rings. The second-order valence-electron chi connectivity index (χ2n) is 7.63. The van der Waals surface area contributed by atoms with Gasteiger partial charge < -0.3 is 14.6 Å². The first-order valence-electron chi connectivity index (χ1n) is 10.1. The van der Waals surface area contributed by atoms with Crippen LogP contribution in [0.3, 0.4) is 0 Å². The molecule has 1 aliphatic rings. The van der Waals surface area contributed by atoms with E-state index in [2.05, 4.69) is 14.7 Å². The van der Waals surface area contributed by atoms with E-state index in [0.717, 1.165) is 17.7 Å². The summed E-state index contributed by atoms with van der Waals surface area (Å²) in [6, 6.07) is 13.1. The second kappa shape index (κ2) is 8.89. The van der Waals surface area contributed by atoms with Crippen molar-refractivity contribution in [1.29, 1.82) is 0 Å². The van der Waals surface area contributed by atoms with Crippen molar-refractivity contribution in [2.75, 3.05) is 6.54 Å². The predicted octanol–water partition coefficient (Wildman–Crippen LogP) is 4.11. The molecule has 1 aromatic heterocycles. The van der Waals surface area contributed by atoms with Gasteiger partial charge in [0.2, 0.25) is 6.41 Å². The number of carbonyl (C=O) groups excluding carboxylic acids is 1. The number of nitrogens with zero attached hydrogens (tertiary/aromatic N) is 2. The molecule has 1 N–H and O–H groups in total. The lowest BCUT2D eigenvalue weighted by Gasteiger charge is -2.36. The van der Waals surface area contributed by atoms with E-state index in [1.54, 1.807) is 6.20 Å². The van der Waals surface area contributed by atoms with Crippen LogP contribution in [0, 0.1) is 0 Å². The summed E-state index contributed by atoms with van der Waals surface area (Å²) in [4.78, 5) is 20.4. The zero-order valence-electron chi connectivity index (χ0n) is 17.2. The molecule has 33 heavy (non-hydrogen) atoms. The molecule has 4 rings (SSSR count). The molecule has 1 amide bonds. The number of benzene rings is 2. The lowest BCUT2D eigenvalue weighted by Crippen LogP contribution is -2.41. The summed E-state index contributed by atoms with van der Waals surface area (Å²) in [6.45, 7) is 0.177. The molecule has 0 saturated carbocycles. The van der Waals surface area contributed by atoms with Gasteiger partial charge in [0.05, 0.1) is 28.1 Å². The predicted molar refractivity (Wildman–Crippen MR) is 113 cm³/mol. The fourth-order valence-electron chi connectivity index (χ4n) is 3.95. The van der Waals surface area contributed by atoms with E-state index < -0.39 is 33.2 Å². The quantitative estimate of drug-likeness (QED) is 0.537. The minimum Gasteiger partial charge on any atom is -0.406 e. The SMILES string of the molecule is O=CN1CCC(S(=O)(=O)c2cccc(OC(F)(F)F)c2)CC1c1cnc(-c2ccccc2)[nH]1. The van der Waals surface area contributed by atoms with Crippen LogP contribution >= 0.6 is 0 Å². The molecular weight excluding hydrogens is 459 g/mol. The van der Waals surface area contributed by atoms with Crippen molar-refractivity contribution in [3.63, 3.8) is 0 Å². The molecular formula is C22H20F3N3O4S. The standard InChI is InChI=1S/C22H20F3N3O4S/c23-22(24,25)32-16-7-4-8-17(11-16)33(30,31)18-9-10-28(14-29)20(12-18)19-13-26-21(27-19)15-5-2-1-3-6-15/h1-8,11,13-14,18,20H,9-10,12H2,(H,26,27). The number of halogens is 3. The number of nitrogens with one attached hydrogen (secondary N) is 1. The third-order valence-corrected chi connectivity index (χ3v) is 7.76. The molecule has 1 aliphatic heterocycles. The van der Waals surface area contributed by atoms with Gasteiger partial charge in [-0.25, -0.2) is 13.4 Å². The number of aromatic nitrogens is 2. The summed E-state index contributed by atoms with van der Waals surface area (Å²) in [5.74, 6) is -0.0232. The van der Waals surface area contributed by atoms with Gasteiger partial charge in [0.15, 0.2) is 9.84 Å². The molecule has 2 aromatic carbocycles. The smallest absolute Gasteiger partial charge is 0.406 e. The van der Waals surface area contributed by atoms with Crippen molar-refractivity contribution in [1.82, 2.24) is 14.9 Å². The molecule has 1 saturated heterocycles. The maximum atomic E-state index is 13.2. The molecule has 0 bridgehead atoms. The Morgan fingerprint density at radius 2 is 1.88 bits per heavy atom. The van der Waals surface area contributed by atoms with E-state index in [-0.39, 0.29) is 24.3 Å². The van der Waals surface area contributed by atoms with Gasteiger partial charge in [0.1, 0.15) is 11.6 Å². The summed E-state index contributed by atoms with van der Waals surface area (Å²) in [5.41, 5.74) is 1.41. The number of amides is 1. The largest absolute Gasteiger partial charge is 0.573 e. The first-order valence-corrected chi connectivity index (χ1v) is 11.6. The van der Waals surface area contributed by atoms with Crippen LogP contribution in [0.1, 0.15) is 24.6 Å². The number of H-pyrrole nitrogens is 1. The summed E-state index contributed by atoms with van der Waals surface area (Å²) in [5, 5.41) is -0.900. The Morgan fingerprint density at radius 3 is 2.58 bits per heavy atom. The van der Waals surface area contributed by atoms with Crippen LogP contribution in [0.15, 0.2) is 65.7 Å². The van der Waals surface area contributed by atoms with Crippen molar-refractivity contribution in [2.45, 2.75) is 35.4 Å². The number of rotatable bonds is 6. The summed E-state index contributed by atoms with van der Waals surface area (Å²) in [6.07, 6.45) is -2.48. The van der Waals surface area contributed by atoms with Crippen LogP contribution in [0.2, 0.25) is 0 Å². The second-order valence-corrected chi connectivity index (χ2v) is 9.85. The number of alkyl halides is 3. The van der Waals surface area contributed by atoms with Gasteiger partial charge in [-0.3, -0.25) is 4.79 Å². The molecule has 3 aromatic rings. The van der Waals surface area contributed by atoms with Crippen LogP contribution in [0.5, 0.6) is 5.75 Å². The average Bonchev–Trinajstić information content (AvgIpc) is 3.28. The van der Waals surface area contributed by atoms with Crippen molar-refractivity contribution in [3.8, 4) is 17.1 Å². The molecule has 174 valence electrons. The maximum absolute atomic E-state index is 13.2. The van der Waals surface area contributed by atoms with Gasteiger partial charge in [0.25, 0.3) is 0 Å². The normalized spacial score (nSPS) is 19.3. The van der Waals surface area contributed by atoms with Crippen LogP contribution in [-0.2, 0) is 14.6 Å². The first kappa shape index (κ1) is 22.8. The summed E-state index contributed by atoms with van der Waals surface area (Å²) >= 11 is 0. The number of piperidine rings is 1. The lowest BCUT2D eigenvalue weighted by atomic mass is 10.00. The maximum Gasteiger partial charge on any atom is 0.573 e. The minimum absolute atomic E-state index is 0.0713. The third kappa shape index (κ3) is 5.03. The Bertz CT molecular complexity index is 1230.